The van der Waals surface area contributed by atoms with E-state index in [9.17, 15) is 25.2 Å². The molecule has 0 aromatic heterocycles. The van der Waals surface area contributed by atoms with Gasteiger partial charge in [0.2, 0.25) is 0 Å². The van der Waals surface area contributed by atoms with E-state index in [0.717, 1.165) is 57.8 Å². The molecule has 48 heavy (non-hydrogen) atoms. The highest BCUT2D eigenvalue weighted by atomic mass is 16.7. The van der Waals surface area contributed by atoms with E-state index in [1.807, 2.05) is 0 Å². The van der Waals surface area contributed by atoms with E-state index in [1.54, 1.807) is 0 Å². The van der Waals surface area contributed by atoms with Crippen LogP contribution in [0.4, 0.5) is 0 Å². The van der Waals surface area contributed by atoms with Crippen LogP contribution in [0.3, 0.4) is 0 Å². The first-order valence-corrected chi connectivity index (χ1v) is 19.1. The fourth-order valence-corrected chi connectivity index (χ4v) is 5.50. The summed E-state index contributed by atoms with van der Waals surface area (Å²) in [5, 5.41) is 39.6. The molecule has 0 amide bonds. The molecule has 1 aliphatic heterocycles. The van der Waals surface area contributed by atoms with Crippen LogP contribution in [0, 0.1) is 0 Å². The summed E-state index contributed by atoms with van der Waals surface area (Å²) in [7, 11) is 0. The van der Waals surface area contributed by atoms with Gasteiger partial charge in [-0.3, -0.25) is 4.79 Å². The van der Waals surface area contributed by atoms with Crippen molar-refractivity contribution in [3.8, 4) is 0 Å². The van der Waals surface area contributed by atoms with E-state index in [1.165, 1.54) is 64.2 Å². The normalized spacial score (nSPS) is 22.3. The maximum absolute atomic E-state index is 12.3. The van der Waals surface area contributed by atoms with Crippen molar-refractivity contribution in [2.75, 3.05) is 26.4 Å². The molecule has 6 unspecified atom stereocenters. The molecule has 0 aromatic rings. The molecule has 1 saturated heterocycles. The van der Waals surface area contributed by atoms with E-state index in [-0.39, 0.29) is 19.2 Å². The van der Waals surface area contributed by atoms with Gasteiger partial charge in [-0.1, -0.05) is 121 Å². The van der Waals surface area contributed by atoms with E-state index < -0.39 is 43.4 Å². The fraction of sp³-hybridized carbons (Fsp3) is 0.821. The summed E-state index contributed by atoms with van der Waals surface area (Å²) in [4.78, 5) is 12.3. The van der Waals surface area contributed by atoms with E-state index in [4.69, 9.17) is 18.9 Å². The Morgan fingerprint density at radius 1 is 0.667 bits per heavy atom. The molecule has 1 aliphatic rings. The van der Waals surface area contributed by atoms with Gasteiger partial charge >= 0.3 is 5.97 Å². The van der Waals surface area contributed by atoms with Crippen molar-refractivity contribution in [1.82, 2.24) is 0 Å². The van der Waals surface area contributed by atoms with E-state index in [0.29, 0.717) is 13.0 Å². The number of unbranched alkanes of at least 4 members (excludes halogenated alkanes) is 14. The number of rotatable bonds is 31. The van der Waals surface area contributed by atoms with Crippen molar-refractivity contribution >= 4 is 5.97 Å². The Hall–Kier alpha value is -1.59. The minimum atomic E-state index is -1.53. The number of esters is 1. The van der Waals surface area contributed by atoms with Crippen LogP contribution in [0.25, 0.3) is 0 Å². The zero-order valence-electron chi connectivity index (χ0n) is 30.2. The number of hydrogen-bond donors (Lipinski definition) is 4. The second-order valence-electron chi connectivity index (χ2n) is 13.0. The smallest absolute Gasteiger partial charge is 0.306 e. The Bertz CT molecular complexity index is 828. The molecule has 0 spiro atoms. The highest BCUT2D eigenvalue weighted by Crippen LogP contribution is 2.22. The maximum Gasteiger partial charge on any atom is 0.306 e. The number of carbonyl (C=O) groups excluding carboxylic acids is 1. The van der Waals surface area contributed by atoms with E-state index in [2.05, 4.69) is 50.3 Å². The van der Waals surface area contributed by atoms with Gasteiger partial charge in [0.05, 0.1) is 19.8 Å². The molecule has 0 aromatic carbocycles. The zero-order chi connectivity index (χ0) is 35.1. The Morgan fingerprint density at radius 2 is 1.21 bits per heavy atom. The Labute approximate surface area is 291 Å². The SMILES string of the molecule is CCCCCCC/C=C\C/C=C\C/C=C\CCCCCCCCCOCC(COC1OC(CO)C(O)C(O)C1O)OC(=O)CCCCC. The third kappa shape index (κ3) is 22.9. The van der Waals surface area contributed by atoms with Gasteiger partial charge in [0.15, 0.2) is 6.29 Å². The lowest BCUT2D eigenvalue weighted by Gasteiger charge is -2.39. The quantitative estimate of drug-likeness (QED) is 0.0339. The molecule has 0 aliphatic carbocycles. The van der Waals surface area contributed by atoms with Crippen LogP contribution in [-0.2, 0) is 23.7 Å². The highest BCUT2D eigenvalue weighted by molar-refractivity contribution is 5.69. The lowest BCUT2D eigenvalue weighted by Crippen LogP contribution is -2.59. The first kappa shape index (κ1) is 44.4. The maximum atomic E-state index is 12.3. The van der Waals surface area contributed by atoms with Crippen molar-refractivity contribution in [2.24, 2.45) is 0 Å². The lowest BCUT2D eigenvalue weighted by atomic mass is 9.99. The molecular weight excluding hydrogens is 612 g/mol. The number of aliphatic hydroxyl groups excluding tert-OH is 4. The highest BCUT2D eigenvalue weighted by Gasteiger charge is 2.44. The molecule has 4 N–H and O–H groups in total. The number of hydrogen-bond acceptors (Lipinski definition) is 9. The molecule has 0 bridgehead atoms. The monoisotopic (exact) mass is 683 g/mol. The average molecular weight is 683 g/mol. The van der Waals surface area contributed by atoms with Crippen LogP contribution in [0.2, 0.25) is 0 Å². The van der Waals surface area contributed by atoms with Crippen LogP contribution in [0.1, 0.15) is 142 Å². The molecule has 280 valence electrons. The summed E-state index contributed by atoms with van der Waals surface area (Å²) in [5.41, 5.74) is 0. The van der Waals surface area contributed by atoms with Crippen molar-refractivity contribution in [1.29, 1.82) is 0 Å². The molecule has 1 heterocycles. The largest absolute Gasteiger partial charge is 0.457 e. The van der Waals surface area contributed by atoms with Gasteiger partial charge < -0.3 is 39.4 Å². The Balaban J connectivity index is 2.14. The van der Waals surface area contributed by atoms with E-state index >= 15 is 0 Å². The van der Waals surface area contributed by atoms with Crippen LogP contribution < -0.4 is 0 Å². The van der Waals surface area contributed by atoms with Crippen molar-refractivity contribution in [2.45, 2.75) is 179 Å². The summed E-state index contributed by atoms with van der Waals surface area (Å²) in [6.07, 6.45) is 28.3. The lowest BCUT2D eigenvalue weighted by molar-refractivity contribution is -0.305. The predicted molar refractivity (Wildman–Crippen MR) is 192 cm³/mol. The molecule has 0 saturated carbocycles. The van der Waals surface area contributed by atoms with Crippen molar-refractivity contribution in [3.63, 3.8) is 0 Å². The average Bonchev–Trinajstić information content (AvgIpc) is 3.08. The predicted octanol–water partition coefficient (Wildman–Crippen LogP) is 7.24. The molecule has 6 atom stereocenters. The van der Waals surface area contributed by atoms with Crippen LogP contribution in [0.5, 0.6) is 0 Å². The first-order chi connectivity index (χ1) is 23.4. The van der Waals surface area contributed by atoms with Crippen LogP contribution in [-0.4, -0.2) is 89.6 Å². The standard InChI is InChI=1S/C39H70O9/c1-3-5-7-8-9-10-11-12-13-14-15-16-17-18-19-20-21-22-23-24-25-27-29-45-31-33(47-35(41)28-26-6-4-2)32-46-39-38(44)37(43)36(42)34(30-40)48-39/h11-12,14-15,17-18,33-34,36-40,42-44H,3-10,13,16,19-32H2,1-2H3/b12-11-,15-14-,18-17-. The topological polar surface area (TPSA) is 135 Å². The van der Waals surface area contributed by atoms with Crippen molar-refractivity contribution < 1.29 is 44.2 Å². The molecule has 9 heteroatoms. The number of ether oxygens (including phenoxy) is 4. The van der Waals surface area contributed by atoms with Crippen LogP contribution >= 0.6 is 0 Å². The number of allylic oxidation sites excluding steroid dienone is 6. The molecule has 1 fully saturated rings. The van der Waals surface area contributed by atoms with Crippen molar-refractivity contribution in [3.05, 3.63) is 36.5 Å². The minimum Gasteiger partial charge on any atom is -0.457 e. The fourth-order valence-electron chi connectivity index (χ4n) is 5.50. The summed E-state index contributed by atoms with van der Waals surface area (Å²) in [6.45, 7) is 4.33. The van der Waals surface area contributed by atoms with Gasteiger partial charge in [0.25, 0.3) is 0 Å². The van der Waals surface area contributed by atoms with Crippen LogP contribution in [0.15, 0.2) is 36.5 Å². The van der Waals surface area contributed by atoms with Gasteiger partial charge in [-0.25, -0.2) is 0 Å². The Kier molecular flexibility index (Phi) is 29.1. The summed E-state index contributed by atoms with van der Waals surface area (Å²) < 4.78 is 22.4. The summed E-state index contributed by atoms with van der Waals surface area (Å²) >= 11 is 0. The number of carbonyl (C=O) groups is 1. The Morgan fingerprint density at radius 3 is 1.81 bits per heavy atom. The van der Waals surface area contributed by atoms with Gasteiger partial charge in [-0.15, -0.1) is 0 Å². The van der Waals surface area contributed by atoms with Gasteiger partial charge in [-0.05, 0) is 51.4 Å². The van der Waals surface area contributed by atoms with Gasteiger partial charge in [0, 0.05) is 13.0 Å². The molecule has 1 rings (SSSR count). The van der Waals surface area contributed by atoms with Gasteiger partial charge in [-0.2, -0.15) is 0 Å². The second-order valence-corrected chi connectivity index (χ2v) is 13.0. The molecule has 0 radical (unpaired) electrons. The third-order valence-corrected chi connectivity index (χ3v) is 8.56. The second kappa shape index (κ2) is 31.4. The minimum absolute atomic E-state index is 0.120. The third-order valence-electron chi connectivity index (χ3n) is 8.56. The first-order valence-electron chi connectivity index (χ1n) is 19.1. The molecular formula is C39H70O9. The van der Waals surface area contributed by atoms with Gasteiger partial charge in [0.1, 0.15) is 30.5 Å². The summed E-state index contributed by atoms with van der Waals surface area (Å²) in [5.74, 6) is -0.344. The molecule has 9 nitrogen and oxygen atoms in total. The zero-order valence-corrected chi connectivity index (χ0v) is 30.2. The number of aliphatic hydroxyl groups is 4. The summed E-state index contributed by atoms with van der Waals surface area (Å²) in [6, 6.07) is 0.